The third-order valence-electron chi connectivity index (χ3n) is 4.59. The molecule has 7 heteroatoms. The van der Waals surface area contributed by atoms with E-state index in [1.165, 1.54) is 12.1 Å². The van der Waals surface area contributed by atoms with Crippen LogP contribution in [-0.2, 0) is 22.5 Å². The molecular formula is C24H25FN4O2. The fraction of sp³-hybridized carbons (Fsp3) is 0.208. The van der Waals surface area contributed by atoms with E-state index in [0.29, 0.717) is 49.1 Å². The van der Waals surface area contributed by atoms with Gasteiger partial charge in [0.15, 0.2) is 5.82 Å². The monoisotopic (exact) mass is 420 g/mol. The number of ether oxygens (including phenoxy) is 1. The van der Waals surface area contributed by atoms with Crippen molar-refractivity contribution in [2.45, 2.75) is 19.9 Å². The van der Waals surface area contributed by atoms with E-state index in [1.54, 1.807) is 29.4 Å². The zero-order valence-corrected chi connectivity index (χ0v) is 17.4. The molecule has 3 rings (SSSR count). The van der Waals surface area contributed by atoms with Gasteiger partial charge in [0.1, 0.15) is 17.3 Å². The molecule has 0 aliphatic carbocycles. The van der Waals surface area contributed by atoms with Crippen LogP contribution in [0.15, 0.2) is 67.5 Å². The van der Waals surface area contributed by atoms with Crippen molar-refractivity contribution in [1.29, 1.82) is 0 Å². The standard InChI is InChI=1S/C24H25FN4O2/c1-3-31-18(2)22-9-10-23(29(17-30)16-20-7-5-12-26-15-20)24(28-22)27-13-11-19-6-4-8-21(25)14-19/h4-10,12,14-15,17H,2-3,11,13,16H2,1H3,(H,27,28). The Hall–Kier alpha value is -3.74. The number of amides is 1. The van der Waals surface area contributed by atoms with Crippen LogP contribution in [0.2, 0.25) is 0 Å². The van der Waals surface area contributed by atoms with E-state index in [1.807, 2.05) is 31.2 Å². The lowest BCUT2D eigenvalue weighted by Crippen LogP contribution is -2.23. The SMILES string of the molecule is C=C(OCC)c1ccc(N(C=O)Cc2cccnc2)c(NCCc2cccc(F)c2)n1. The van der Waals surface area contributed by atoms with Gasteiger partial charge in [0.25, 0.3) is 0 Å². The predicted molar refractivity (Wildman–Crippen MR) is 120 cm³/mol. The van der Waals surface area contributed by atoms with Crippen molar-refractivity contribution < 1.29 is 13.9 Å². The molecule has 0 atom stereocenters. The van der Waals surface area contributed by atoms with Gasteiger partial charge in [-0.3, -0.25) is 9.78 Å². The summed E-state index contributed by atoms with van der Waals surface area (Å²) in [6.07, 6.45) is 4.76. The minimum absolute atomic E-state index is 0.269. The van der Waals surface area contributed by atoms with Crippen LogP contribution in [0.1, 0.15) is 23.7 Å². The summed E-state index contributed by atoms with van der Waals surface area (Å²) in [5.41, 5.74) is 2.95. The Balaban J connectivity index is 1.83. The minimum Gasteiger partial charge on any atom is -0.492 e. The highest BCUT2D eigenvalue weighted by Crippen LogP contribution is 2.27. The number of hydrogen-bond acceptors (Lipinski definition) is 5. The predicted octanol–water partition coefficient (Wildman–Crippen LogP) is 4.44. The first-order valence-corrected chi connectivity index (χ1v) is 10.0. The van der Waals surface area contributed by atoms with Crippen molar-refractivity contribution in [3.8, 4) is 0 Å². The number of nitrogens with one attached hydrogen (secondary N) is 1. The molecule has 160 valence electrons. The number of carbonyl (C=O) groups is 1. The van der Waals surface area contributed by atoms with Crippen LogP contribution in [0, 0.1) is 5.82 Å². The van der Waals surface area contributed by atoms with E-state index in [-0.39, 0.29) is 5.82 Å². The van der Waals surface area contributed by atoms with Gasteiger partial charge < -0.3 is 15.0 Å². The normalized spacial score (nSPS) is 10.4. The van der Waals surface area contributed by atoms with E-state index in [4.69, 9.17) is 4.74 Å². The van der Waals surface area contributed by atoms with E-state index in [0.717, 1.165) is 17.5 Å². The number of carbonyl (C=O) groups excluding carboxylic acids is 1. The third kappa shape index (κ3) is 6.12. The maximum atomic E-state index is 13.4. The molecule has 3 aromatic rings. The number of benzene rings is 1. The van der Waals surface area contributed by atoms with Gasteiger partial charge >= 0.3 is 0 Å². The number of nitrogens with zero attached hydrogens (tertiary/aromatic N) is 3. The van der Waals surface area contributed by atoms with Gasteiger partial charge in [-0.1, -0.05) is 24.8 Å². The molecule has 6 nitrogen and oxygen atoms in total. The molecule has 0 aliphatic rings. The summed E-state index contributed by atoms with van der Waals surface area (Å²) in [7, 11) is 0. The third-order valence-corrected chi connectivity index (χ3v) is 4.59. The Morgan fingerprint density at radius 3 is 2.77 bits per heavy atom. The molecule has 0 bridgehead atoms. The summed E-state index contributed by atoms with van der Waals surface area (Å²) in [6.45, 7) is 7.12. The molecule has 0 unspecified atom stereocenters. The summed E-state index contributed by atoms with van der Waals surface area (Å²) in [5.74, 6) is 0.702. The lowest BCUT2D eigenvalue weighted by Gasteiger charge is -2.22. The van der Waals surface area contributed by atoms with Gasteiger partial charge in [-0.15, -0.1) is 0 Å². The summed E-state index contributed by atoms with van der Waals surface area (Å²) < 4.78 is 18.9. The van der Waals surface area contributed by atoms with E-state index in [9.17, 15) is 9.18 Å². The molecule has 0 aliphatic heterocycles. The molecule has 0 saturated carbocycles. The topological polar surface area (TPSA) is 67.3 Å². The van der Waals surface area contributed by atoms with E-state index in [2.05, 4.69) is 21.9 Å². The van der Waals surface area contributed by atoms with Crippen molar-refractivity contribution in [2.75, 3.05) is 23.4 Å². The van der Waals surface area contributed by atoms with Crippen LogP contribution in [0.3, 0.4) is 0 Å². The fourth-order valence-electron chi connectivity index (χ4n) is 3.10. The van der Waals surface area contributed by atoms with Crippen LogP contribution in [0.25, 0.3) is 5.76 Å². The molecule has 31 heavy (non-hydrogen) atoms. The summed E-state index contributed by atoms with van der Waals surface area (Å²) in [5, 5.41) is 3.27. The number of anilines is 2. The molecular weight excluding hydrogens is 395 g/mol. The highest BCUT2D eigenvalue weighted by Gasteiger charge is 2.15. The minimum atomic E-state index is -0.269. The second-order valence-corrected chi connectivity index (χ2v) is 6.82. The number of halogens is 1. The summed E-state index contributed by atoms with van der Waals surface area (Å²) in [4.78, 5) is 22.2. The Morgan fingerprint density at radius 1 is 1.23 bits per heavy atom. The molecule has 1 N–H and O–H groups in total. The maximum Gasteiger partial charge on any atom is 0.214 e. The number of aromatic nitrogens is 2. The van der Waals surface area contributed by atoms with E-state index < -0.39 is 0 Å². The molecule has 1 amide bonds. The summed E-state index contributed by atoms with van der Waals surface area (Å²) >= 11 is 0. The second kappa shape index (κ2) is 10.9. The van der Waals surface area contributed by atoms with Crippen molar-refractivity contribution >= 4 is 23.7 Å². The van der Waals surface area contributed by atoms with Gasteiger partial charge in [0.2, 0.25) is 6.41 Å². The van der Waals surface area contributed by atoms with Gasteiger partial charge in [-0.25, -0.2) is 9.37 Å². The van der Waals surface area contributed by atoms with Crippen molar-refractivity contribution in [3.63, 3.8) is 0 Å². The average molecular weight is 420 g/mol. The lowest BCUT2D eigenvalue weighted by atomic mass is 10.1. The molecule has 1 aromatic carbocycles. The number of hydrogen-bond donors (Lipinski definition) is 1. The van der Waals surface area contributed by atoms with Crippen LogP contribution in [0.4, 0.5) is 15.9 Å². The van der Waals surface area contributed by atoms with Crippen LogP contribution >= 0.6 is 0 Å². The van der Waals surface area contributed by atoms with E-state index >= 15 is 0 Å². The first-order valence-electron chi connectivity index (χ1n) is 10.0. The van der Waals surface area contributed by atoms with Crippen LogP contribution < -0.4 is 10.2 Å². The van der Waals surface area contributed by atoms with Gasteiger partial charge in [0, 0.05) is 18.9 Å². The van der Waals surface area contributed by atoms with Gasteiger partial charge in [-0.2, -0.15) is 0 Å². The zero-order valence-electron chi connectivity index (χ0n) is 17.4. The van der Waals surface area contributed by atoms with Gasteiger partial charge in [-0.05, 0) is 54.8 Å². The number of pyridine rings is 2. The highest BCUT2D eigenvalue weighted by molar-refractivity contribution is 5.82. The van der Waals surface area contributed by atoms with Crippen molar-refractivity contribution in [3.05, 3.63) is 90.1 Å². The fourth-order valence-corrected chi connectivity index (χ4v) is 3.10. The zero-order chi connectivity index (χ0) is 22.1. The lowest BCUT2D eigenvalue weighted by molar-refractivity contribution is -0.107. The quantitative estimate of drug-likeness (QED) is 0.367. The average Bonchev–Trinajstić information content (AvgIpc) is 2.78. The Kier molecular flexibility index (Phi) is 7.70. The molecule has 0 spiro atoms. The Morgan fingerprint density at radius 2 is 2.06 bits per heavy atom. The molecule has 0 fully saturated rings. The number of rotatable bonds is 11. The van der Waals surface area contributed by atoms with Crippen molar-refractivity contribution in [1.82, 2.24) is 9.97 Å². The Bertz CT molecular complexity index is 1030. The smallest absolute Gasteiger partial charge is 0.214 e. The molecule has 2 heterocycles. The molecule has 2 aromatic heterocycles. The van der Waals surface area contributed by atoms with Crippen LogP contribution in [0.5, 0.6) is 0 Å². The van der Waals surface area contributed by atoms with Gasteiger partial charge in [0.05, 0.1) is 18.8 Å². The maximum absolute atomic E-state index is 13.4. The highest BCUT2D eigenvalue weighted by atomic mass is 19.1. The van der Waals surface area contributed by atoms with Crippen LogP contribution in [-0.4, -0.2) is 29.5 Å². The molecule has 0 radical (unpaired) electrons. The first kappa shape index (κ1) is 22.0. The Labute approximate surface area is 181 Å². The largest absolute Gasteiger partial charge is 0.492 e. The van der Waals surface area contributed by atoms with Crippen molar-refractivity contribution in [2.24, 2.45) is 0 Å². The molecule has 0 saturated heterocycles. The summed E-state index contributed by atoms with van der Waals surface area (Å²) in [6, 6.07) is 13.8. The second-order valence-electron chi connectivity index (χ2n) is 6.82. The first-order chi connectivity index (χ1) is 15.1.